The van der Waals surface area contributed by atoms with Crippen LogP contribution >= 0.6 is 27.3 Å². The molecule has 0 aromatic carbocycles. The fourth-order valence-corrected chi connectivity index (χ4v) is 3.74. The van der Waals surface area contributed by atoms with Crippen molar-refractivity contribution >= 4 is 27.3 Å². The maximum Gasteiger partial charge on any atom is 0.0701 e. The Labute approximate surface area is 103 Å². The number of nitrogens with two attached hydrogens (primary N) is 1. The van der Waals surface area contributed by atoms with Crippen molar-refractivity contribution in [3.05, 3.63) is 20.8 Å². The highest BCUT2D eigenvalue weighted by Crippen LogP contribution is 2.33. The largest absolute Gasteiger partial charge is 0.390 e. The molecule has 0 atom stereocenters. The molecule has 15 heavy (non-hydrogen) atoms. The maximum atomic E-state index is 10.4. The lowest BCUT2D eigenvalue weighted by atomic mass is 9.80. The van der Waals surface area contributed by atoms with E-state index in [1.54, 1.807) is 11.3 Å². The quantitative estimate of drug-likeness (QED) is 0.879. The van der Waals surface area contributed by atoms with Gasteiger partial charge in [-0.1, -0.05) is 0 Å². The number of aliphatic hydroxyl groups is 1. The SMILES string of the molecule is NC1CCC(O)(Cc2ccc(Br)s2)CC1. The van der Waals surface area contributed by atoms with Crippen molar-refractivity contribution in [2.45, 2.75) is 43.7 Å². The molecule has 2 rings (SSSR count). The molecule has 0 amide bonds. The van der Waals surface area contributed by atoms with Gasteiger partial charge >= 0.3 is 0 Å². The van der Waals surface area contributed by atoms with Gasteiger partial charge in [-0.2, -0.15) is 0 Å². The molecular weight excluding hydrogens is 274 g/mol. The first kappa shape index (κ1) is 11.6. The fourth-order valence-electron chi connectivity index (χ4n) is 2.13. The van der Waals surface area contributed by atoms with E-state index in [4.69, 9.17) is 5.73 Å². The van der Waals surface area contributed by atoms with E-state index in [9.17, 15) is 5.11 Å². The predicted octanol–water partition coefficient (Wildman–Crippen LogP) is 2.69. The summed E-state index contributed by atoms with van der Waals surface area (Å²) in [5, 5.41) is 10.4. The number of rotatable bonds is 2. The molecule has 0 spiro atoms. The number of hydrogen-bond donors (Lipinski definition) is 2. The van der Waals surface area contributed by atoms with Crippen LogP contribution in [0.4, 0.5) is 0 Å². The lowest BCUT2D eigenvalue weighted by molar-refractivity contribution is 0.000897. The summed E-state index contributed by atoms with van der Waals surface area (Å²) in [5.74, 6) is 0. The van der Waals surface area contributed by atoms with Gasteiger partial charge in [-0.05, 0) is 53.7 Å². The van der Waals surface area contributed by atoms with Crippen molar-refractivity contribution in [2.24, 2.45) is 5.73 Å². The van der Waals surface area contributed by atoms with Crippen LogP contribution in [0.3, 0.4) is 0 Å². The highest BCUT2D eigenvalue weighted by molar-refractivity contribution is 9.11. The first-order valence-electron chi connectivity index (χ1n) is 5.30. The van der Waals surface area contributed by atoms with Crippen molar-refractivity contribution in [1.29, 1.82) is 0 Å². The second-order valence-electron chi connectivity index (χ2n) is 4.44. The Bertz CT molecular complexity index is 331. The standard InChI is InChI=1S/C11H16BrNOS/c12-10-2-1-9(15-10)7-11(14)5-3-8(13)4-6-11/h1-2,8,14H,3-7,13H2. The summed E-state index contributed by atoms with van der Waals surface area (Å²) in [4.78, 5) is 1.25. The zero-order valence-electron chi connectivity index (χ0n) is 8.58. The van der Waals surface area contributed by atoms with Crippen molar-refractivity contribution in [3.63, 3.8) is 0 Å². The molecule has 3 N–H and O–H groups in total. The minimum absolute atomic E-state index is 0.292. The first-order chi connectivity index (χ1) is 7.07. The number of thiophene rings is 1. The highest BCUT2D eigenvalue weighted by Gasteiger charge is 2.32. The monoisotopic (exact) mass is 289 g/mol. The van der Waals surface area contributed by atoms with E-state index in [1.807, 2.05) is 6.07 Å². The summed E-state index contributed by atoms with van der Waals surface area (Å²) < 4.78 is 1.13. The van der Waals surface area contributed by atoms with Crippen LogP contribution in [0.2, 0.25) is 0 Å². The Morgan fingerprint density at radius 1 is 1.47 bits per heavy atom. The molecular formula is C11H16BrNOS. The van der Waals surface area contributed by atoms with Crippen molar-refractivity contribution < 1.29 is 5.11 Å². The highest BCUT2D eigenvalue weighted by atomic mass is 79.9. The third kappa shape index (κ3) is 3.03. The molecule has 1 saturated carbocycles. The van der Waals surface area contributed by atoms with Gasteiger partial charge in [0.15, 0.2) is 0 Å². The smallest absolute Gasteiger partial charge is 0.0701 e. The second kappa shape index (κ2) is 4.53. The van der Waals surface area contributed by atoms with E-state index in [0.717, 1.165) is 35.9 Å². The molecule has 0 unspecified atom stereocenters. The molecule has 1 aromatic heterocycles. The summed E-state index contributed by atoms with van der Waals surface area (Å²) >= 11 is 5.15. The van der Waals surface area contributed by atoms with Gasteiger partial charge < -0.3 is 10.8 Å². The number of halogens is 1. The zero-order chi connectivity index (χ0) is 10.9. The summed E-state index contributed by atoms with van der Waals surface area (Å²) in [5.41, 5.74) is 5.32. The van der Waals surface area contributed by atoms with Crippen LogP contribution in [0.1, 0.15) is 30.6 Å². The zero-order valence-corrected chi connectivity index (χ0v) is 11.0. The molecule has 4 heteroatoms. The van der Waals surface area contributed by atoms with Crippen molar-refractivity contribution in [1.82, 2.24) is 0 Å². The molecule has 1 aliphatic rings. The van der Waals surface area contributed by atoms with E-state index in [1.165, 1.54) is 4.88 Å². The summed E-state index contributed by atoms with van der Waals surface area (Å²) in [7, 11) is 0. The van der Waals surface area contributed by atoms with Crippen LogP contribution in [0.5, 0.6) is 0 Å². The van der Waals surface area contributed by atoms with Gasteiger partial charge in [0.2, 0.25) is 0 Å². The molecule has 84 valence electrons. The van der Waals surface area contributed by atoms with Crippen LogP contribution in [-0.4, -0.2) is 16.7 Å². The van der Waals surface area contributed by atoms with Gasteiger partial charge in [-0.25, -0.2) is 0 Å². The lowest BCUT2D eigenvalue weighted by Crippen LogP contribution is -2.40. The maximum absolute atomic E-state index is 10.4. The Balaban J connectivity index is 1.99. The number of hydrogen-bond acceptors (Lipinski definition) is 3. The van der Waals surface area contributed by atoms with E-state index < -0.39 is 5.60 Å². The van der Waals surface area contributed by atoms with Crippen LogP contribution in [-0.2, 0) is 6.42 Å². The topological polar surface area (TPSA) is 46.2 Å². The minimum atomic E-state index is -0.514. The fraction of sp³-hybridized carbons (Fsp3) is 0.636. The summed E-state index contributed by atoms with van der Waals surface area (Å²) in [6.07, 6.45) is 4.34. The average molecular weight is 290 g/mol. The van der Waals surface area contributed by atoms with E-state index in [-0.39, 0.29) is 0 Å². The molecule has 1 aromatic rings. The van der Waals surface area contributed by atoms with Crippen LogP contribution in [0.15, 0.2) is 15.9 Å². The third-order valence-electron chi connectivity index (χ3n) is 3.09. The van der Waals surface area contributed by atoms with Gasteiger partial charge in [-0.15, -0.1) is 11.3 Å². The second-order valence-corrected chi connectivity index (χ2v) is 6.99. The van der Waals surface area contributed by atoms with E-state index >= 15 is 0 Å². The Morgan fingerprint density at radius 3 is 2.67 bits per heavy atom. The van der Waals surface area contributed by atoms with E-state index in [0.29, 0.717) is 6.04 Å². The lowest BCUT2D eigenvalue weighted by Gasteiger charge is -2.34. The summed E-state index contributed by atoms with van der Waals surface area (Å²) in [6, 6.07) is 4.42. The predicted molar refractivity (Wildman–Crippen MR) is 67.1 cm³/mol. The molecule has 1 heterocycles. The van der Waals surface area contributed by atoms with Crippen LogP contribution in [0, 0.1) is 0 Å². The van der Waals surface area contributed by atoms with Gasteiger partial charge in [0, 0.05) is 17.3 Å². The molecule has 2 nitrogen and oxygen atoms in total. The van der Waals surface area contributed by atoms with Crippen LogP contribution < -0.4 is 5.73 Å². The van der Waals surface area contributed by atoms with Crippen molar-refractivity contribution in [3.8, 4) is 0 Å². The third-order valence-corrected chi connectivity index (χ3v) is 4.72. The van der Waals surface area contributed by atoms with E-state index in [2.05, 4.69) is 22.0 Å². The molecule has 0 saturated heterocycles. The van der Waals surface area contributed by atoms with Gasteiger partial charge in [-0.3, -0.25) is 0 Å². The van der Waals surface area contributed by atoms with Gasteiger partial charge in [0.05, 0.1) is 9.39 Å². The Hall–Kier alpha value is 0.1000. The van der Waals surface area contributed by atoms with Gasteiger partial charge in [0.25, 0.3) is 0 Å². The molecule has 1 fully saturated rings. The van der Waals surface area contributed by atoms with Gasteiger partial charge in [0.1, 0.15) is 0 Å². The average Bonchev–Trinajstić information content (AvgIpc) is 2.57. The molecule has 1 aliphatic carbocycles. The Kier molecular flexibility index (Phi) is 3.50. The van der Waals surface area contributed by atoms with Crippen molar-refractivity contribution in [2.75, 3.05) is 0 Å². The Morgan fingerprint density at radius 2 is 2.13 bits per heavy atom. The normalized spacial score (nSPS) is 31.8. The van der Waals surface area contributed by atoms with Crippen LogP contribution in [0.25, 0.3) is 0 Å². The molecule has 0 aliphatic heterocycles. The summed E-state index contributed by atoms with van der Waals surface area (Å²) in [6.45, 7) is 0. The minimum Gasteiger partial charge on any atom is -0.390 e. The molecule has 0 radical (unpaired) electrons. The molecule has 0 bridgehead atoms. The first-order valence-corrected chi connectivity index (χ1v) is 6.91.